The van der Waals surface area contributed by atoms with Gasteiger partial charge in [0, 0.05) is 5.41 Å². The van der Waals surface area contributed by atoms with E-state index < -0.39 is 15.4 Å². The Morgan fingerprint density at radius 3 is 2.10 bits per heavy atom. The van der Waals surface area contributed by atoms with E-state index in [0.717, 1.165) is 12.1 Å². The first-order valence-corrected chi connectivity index (χ1v) is 8.12. The monoisotopic (exact) mass is 338 g/mol. The van der Waals surface area contributed by atoms with Gasteiger partial charge < -0.3 is 5.32 Å². The molecule has 20 heavy (non-hydrogen) atoms. The first kappa shape index (κ1) is 17.2. The number of halogens is 2. The number of nitrogens with two attached hydrogens (primary N) is 1. The van der Waals surface area contributed by atoms with Gasteiger partial charge in [-0.1, -0.05) is 44.0 Å². The molecule has 112 valence electrons. The fourth-order valence-corrected chi connectivity index (χ4v) is 2.55. The Balaban J connectivity index is 3.20. The normalized spacial score (nSPS) is 12.3. The SMILES string of the molecule is CCC(C)(C)C(=O)Nc1c(Cl)cc(S(N)(=O)=O)cc1Cl. The number of sulfonamides is 1. The molecule has 8 heteroatoms. The number of anilines is 1. The van der Waals surface area contributed by atoms with Crippen molar-refractivity contribution in [2.75, 3.05) is 5.32 Å². The van der Waals surface area contributed by atoms with Crippen molar-refractivity contribution in [3.05, 3.63) is 22.2 Å². The third kappa shape index (κ3) is 3.85. The molecule has 0 atom stereocenters. The Morgan fingerprint density at radius 2 is 1.75 bits per heavy atom. The van der Waals surface area contributed by atoms with Crippen LogP contribution < -0.4 is 10.5 Å². The van der Waals surface area contributed by atoms with Crippen molar-refractivity contribution in [2.45, 2.75) is 32.1 Å². The van der Waals surface area contributed by atoms with Crippen LogP contribution in [0.2, 0.25) is 10.0 Å². The summed E-state index contributed by atoms with van der Waals surface area (Å²) in [4.78, 5) is 11.9. The predicted molar refractivity (Wildman–Crippen MR) is 80.5 cm³/mol. The molecule has 0 unspecified atom stereocenters. The summed E-state index contributed by atoms with van der Waals surface area (Å²) < 4.78 is 22.5. The summed E-state index contributed by atoms with van der Waals surface area (Å²) in [5.41, 5.74) is -0.419. The number of nitrogens with one attached hydrogen (secondary N) is 1. The Morgan fingerprint density at radius 1 is 1.30 bits per heavy atom. The van der Waals surface area contributed by atoms with Crippen LogP contribution in [0.5, 0.6) is 0 Å². The standard InChI is InChI=1S/C12H16Cl2N2O3S/c1-4-12(2,3)11(17)16-10-8(13)5-7(6-9(10)14)20(15,18)19/h5-6H,4H2,1-3H3,(H,16,17)(H2,15,18,19). The molecule has 0 heterocycles. The van der Waals surface area contributed by atoms with Gasteiger partial charge in [-0.05, 0) is 18.6 Å². The van der Waals surface area contributed by atoms with Crippen molar-refractivity contribution >= 4 is 44.8 Å². The Bertz CT molecular complexity index is 619. The maximum Gasteiger partial charge on any atom is 0.238 e. The minimum Gasteiger partial charge on any atom is -0.323 e. The highest BCUT2D eigenvalue weighted by atomic mass is 35.5. The maximum atomic E-state index is 12.1. The summed E-state index contributed by atoms with van der Waals surface area (Å²) in [7, 11) is -3.91. The Kier molecular flexibility index (Phi) is 5.08. The average Bonchev–Trinajstić information content (AvgIpc) is 2.31. The lowest BCUT2D eigenvalue weighted by Gasteiger charge is -2.22. The van der Waals surface area contributed by atoms with E-state index >= 15 is 0 Å². The van der Waals surface area contributed by atoms with Crippen LogP contribution in [0, 0.1) is 5.41 Å². The summed E-state index contributed by atoms with van der Waals surface area (Å²) in [6, 6.07) is 2.30. The van der Waals surface area contributed by atoms with E-state index in [1.165, 1.54) is 0 Å². The van der Waals surface area contributed by atoms with Gasteiger partial charge in [0.1, 0.15) is 0 Å². The zero-order chi connectivity index (χ0) is 15.7. The average molecular weight is 339 g/mol. The van der Waals surface area contributed by atoms with Crippen molar-refractivity contribution in [1.29, 1.82) is 0 Å². The first-order chi connectivity index (χ1) is 8.99. The summed E-state index contributed by atoms with van der Waals surface area (Å²) >= 11 is 11.9. The summed E-state index contributed by atoms with van der Waals surface area (Å²) in [6.07, 6.45) is 0.628. The molecule has 0 aliphatic carbocycles. The highest BCUT2D eigenvalue weighted by Crippen LogP contribution is 2.34. The van der Waals surface area contributed by atoms with E-state index in [1.54, 1.807) is 13.8 Å². The van der Waals surface area contributed by atoms with Gasteiger partial charge in [-0.25, -0.2) is 13.6 Å². The van der Waals surface area contributed by atoms with Crippen LogP contribution in [-0.4, -0.2) is 14.3 Å². The van der Waals surface area contributed by atoms with Crippen LogP contribution in [0.25, 0.3) is 0 Å². The molecule has 0 saturated carbocycles. The van der Waals surface area contributed by atoms with Crippen molar-refractivity contribution < 1.29 is 13.2 Å². The molecule has 0 radical (unpaired) electrons. The molecular formula is C12H16Cl2N2O3S. The minimum absolute atomic E-state index is 0.0155. The van der Waals surface area contributed by atoms with Crippen molar-refractivity contribution in [2.24, 2.45) is 10.6 Å². The highest BCUT2D eigenvalue weighted by Gasteiger charge is 2.27. The Hall–Kier alpha value is -0.820. The molecule has 0 bridgehead atoms. The smallest absolute Gasteiger partial charge is 0.238 e. The second-order valence-corrected chi connectivity index (χ2v) is 7.37. The molecule has 0 fully saturated rings. The molecule has 1 amide bonds. The molecule has 0 aromatic heterocycles. The van der Waals surface area contributed by atoms with Crippen LogP contribution in [0.15, 0.2) is 17.0 Å². The Labute approximate surface area is 128 Å². The van der Waals surface area contributed by atoms with Gasteiger partial charge in [0.05, 0.1) is 20.6 Å². The summed E-state index contributed by atoms with van der Waals surface area (Å²) in [5, 5.41) is 7.65. The topological polar surface area (TPSA) is 89.3 Å². The quantitative estimate of drug-likeness (QED) is 0.884. The molecule has 1 rings (SSSR count). The van der Waals surface area contributed by atoms with Gasteiger partial charge >= 0.3 is 0 Å². The molecule has 0 saturated heterocycles. The van der Waals surface area contributed by atoms with Crippen molar-refractivity contribution in [3.63, 3.8) is 0 Å². The van der Waals surface area contributed by atoms with E-state index in [1.807, 2.05) is 6.92 Å². The van der Waals surface area contributed by atoms with Crippen LogP contribution in [0.1, 0.15) is 27.2 Å². The molecule has 0 spiro atoms. The number of hydrogen-bond donors (Lipinski definition) is 2. The van der Waals surface area contributed by atoms with Crippen LogP contribution in [0.4, 0.5) is 5.69 Å². The number of benzene rings is 1. The number of primary sulfonamides is 1. The highest BCUT2D eigenvalue weighted by molar-refractivity contribution is 7.89. The van der Waals surface area contributed by atoms with Gasteiger partial charge in [-0.2, -0.15) is 0 Å². The predicted octanol–water partition coefficient (Wildman–Crippen LogP) is 3.02. The lowest BCUT2D eigenvalue weighted by Crippen LogP contribution is -2.30. The van der Waals surface area contributed by atoms with Gasteiger partial charge in [0.25, 0.3) is 0 Å². The molecule has 1 aromatic carbocycles. The third-order valence-electron chi connectivity index (χ3n) is 3.08. The van der Waals surface area contributed by atoms with Gasteiger partial charge in [0.15, 0.2) is 0 Å². The number of hydrogen-bond acceptors (Lipinski definition) is 3. The summed E-state index contributed by atoms with van der Waals surface area (Å²) in [5.74, 6) is -0.257. The number of amides is 1. The lowest BCUT2D eigenvalue weighted by molar-refractivity contribution is -0.124. The second-order valence-electron chi connectivity index (χ2n) is 5.00. The number of rotatable bonds is 4. The molecule has 1 aromatic rings. The lowest BCUT2D eigenvalue weighted by atomic mass is 9.89. The van der Waals surface area contributed by atoms with E-state index in [-0.39, 0.29) is 26.5 Å². The fraction of sp³-hybridized carbons (Fsp3) is 0.417. The van der Waals surface area contributed by atoms with Crippen molar-refractivity contribution in [1.82, 2.24) is 0 Å². The van der Waals surface area contributed by atoms with Crippen LogP contribution in [-0.2, 0) is 14.8 Å². The first-order valence-electron chi connectivity index (χ1n) is 5.82. The van der Waals surface area contributed by atoms with E-state index in [2.05, 4.69) is 5.32 Å². The molecule has 0 aliphatic heterocycles. The van der Waals surface area contributed by atoms with E-state index in [9.17, 15) is 13.2 Å². The second kappa shape index (κ2) is 5.89. The number of carbonyl (C=O) groups excluding carboxylic acids is 1. The van der Waals surface area contributed by atoms with E-state index in [4.69, 9.17) is 28.3 Å². The summed E-state index contributed by atoms with van der Waals surface area (Å²) in [6.45, 7) is 5.44. The fourth-order valence-electron chi connectivity index (χ4n) is 1.28. The minimum atomic E-state index is -3.91. The number of carbonyl (C=O) groups is 1. The largest absolute Gasteiger partial charge is 0.323 e. The van der Waals surface area contributed by atoms with Crippen LogP contribution >= 0.6 is 23.2 Å². The molecular weight excluding hydrogens is 323 g/mol. The third-order valence-corrected chi connectivity index (χ3v) is 4.57. The van der Waals surface area contributed by atoms with E-state index in [0.29, 0.717) is 6.42 Å². The zero-order valence-electron chi connectivity index (χ0n) is 11.3. The molecule has 5 nitrogen and oxygen atoms in total. The van der Waals surface area contributed by atoms with Gasteiger partial charge in [-0.15, -0.1) is 0 Å². The zero-order valence-corrected chi connectivity index (χ0v) is 13.7. The van der Waals surface area contributed by atoms with Crippen LogP contribution in [0.3, 0.4) is 0 Å². The molecule has 3 N–H and O–H groups in total. The maximum absolute atomic E-state index is 12.1. The van der Waals surface area contributed by atoms with Gasteiger partial charge in [-0.3, -0.25) is 4.79 Å². The molecule has 0 aliphatic rings. The van der Waals surface area contributed by atoms with Crippen molar-refractivity contribution in [3.8, 4) is 0 Å². The van der Waals surface area contributed by atoms with Gasteiger partial charge in [0.2, 0.25) is 15.9 Å².